The maximum atomic E-state index is 13.7. The summed E-state index contributed by atoms with van der Waals surface area (Å²) in [4.78, 5) is 41.7. The van der Waals surface area contributed by atoms with Crippen LogP contribution in [0.5, 0.6) is 0 Å². The van der Waals surface area contributed by atoms with Crippen molar-refractivity contribution in [3.05, 3.63) is 71.3 Å². The Labute approximate surface area is 208 Å². The summed E-state index contributed by atoms with van der Waals surface area (Å²) in [5, 5.41) is 6.00. The van der Waals surface area contributed by atoms with Crippen LogP contribution < -0.4 is 10.6 Å². The van der Waals surface area contributed by atoms with Crippen molar-refractivity contribution in [3.63, 3.8) is 0 Å². The van der Waals surface area contributed by atoms with Gasteiger partial charge in [0.05, 0.1) is 6.04 Å². The molecule has 0 saturated heterocycles. The maximum absolute atomic E-state index is 13.7. The number of alkyl carbamates (subject to hydrolysis) is 1. The smallest absolute Gasteiger partial charge is 0.408 e. The predicted octanol–water partition coefficient (Wildman–Crippen LogP) is 4.83. The van der Waals surface area contributed by atoms with Crippen molar-refractivity contribution in [2.24, 2.45) is 5.92 Å². The molecule has 3 amide bonds. The van der Waals surface area contributed by atoms with Crippen molar-refractivity contribution in [1.82, 2.24) is 15.5 Å². The molecule has 7 nitrogen and oxygen atoms in total. The van der Waals surface area contributed by atoms with Gasteiger partial charge in [-0.25, -0.2) is 4.79 Å². The van der Waals surface area contributed by atoms with E-state index in [2.05, 4.69) is 17.6 Å². The lowest BCUT2D eigenvalue weighted by Gasteiger charge is -2.35. The van der Waals surface area contributed by atoms with E-state index < -0.39 is 29.7 Å². The van der Waals surface area contributed by atoms with Gasteiger partial charge in [0.25, 0.3) is 5.91 Å². The average Bonchev–Trinajstić information content (AvgIpc) is 2.93. The summed E-state index contributed by atoms with van der Waals surface area (Å²) in [6.07, 6.45) is 1.23. The summed E-state index contributed by atoms with van der Waals surface area (Å²) < 4.78 is 5.53. The molecule has 0 fully saturated rings. The lowest BCUT2D eigenvalue weighted by atomic mass is 9.87. The minimum atomic E-state index is -0.785. The lowest BCUT2D eigenvalue weighted by molar-refractivity contribution is -0.127. The number of nitrogens with one attached hydrogen (secondary N) is 2. The van der Waals surface area contributed by atoms with Crippen LogP contribution in [0, 0.1) is 5.92 Å². The number of carbonyl (C=O) groups excluding carboxylic acids is 3. The van der Waals surface area contributed by atoms with Crippen LogP contribution in [0.1, 0.15) is 75.0 Å². The Morgan fingerprint density at radius 3 is 2.34 bits per heavy atom. The molecule has 1 heterocycles. The second-order valence-corrected chi connectivity index (χ2v) is 10.1. The number of carbonyl (C=O) groups is 3. The third kappa shape index (κ3) is 6.62. The Morgan fingerprint density at radius 2 is 1.69 bits per heavy atom. The van der Waals surface area contributed by atoms with E-state index in [4.69, 9.17) is 4.74 Å². The minimum absolute atomic E-state index is 0.221. The van der Waals surface area contributed by atoms with Gasteiger partial charge in [-0.3, -0.25) is 9.59 Å². The first kappa shape index (κ1) is 26.3. The highest BCUT2D eigenvalue weighted by molar-refractivity contribution is 5.98. The highest BCUT2D eigenvalue weighted by Gasteiger charge is 2.43. The van der Waals surface area contributed by atoms with E-state index >= 15 is 0 Å². The molecule has 2 aromatic rings. The third-order valence-electron chi connectivity index (χ3n) is 6.14. The number of hydrogen-bond donors (Lipinski definition) is 2. The van der Waals surface area contributed by atoms with Crippen LogP contribution >= 0.6 is 0 Å². The summed E-state index contributed by atoms with van der Waals surface area (Å²) in [5.41, 5.74) is 1.61. The number of ether oxygens (including phenoxy) is 1. The topological polar surface area (TPSA) is 87.7 Å². The molecule has 0 aliphatic carbocycles. The molecule has 1 aliphatic rings. The number of unbranched alkanes of at least 4 members (excludes halogenated alkanes) is 1. The summed E-state index contributed by atoms with van der Waals surface area (Å²) in [7, 11) is 0. The van der Waals surface area contributed by atoms with E-state index in [0.29, 0.717) is 12.1 Å². The molecule has 1 aliphatic heterocycles. The summed E-state index contributed by atoms with van der Waals surface area (Å²) >= 11 is 0. The van der Waals surface area contributed by atoms with Crippen LogP contribution in [0.4, 0.5) is 4.79 Å². The zero-order valence-corrected chi connectivity index (χ0v) is 21.3. The molecule has 0 saturated carbocycles. The van der Waals surface area contributed by atoms with Gasteiger partial charge < -0.3 is 20.3 Å². The lowest BCUT2D eigenvalue weighted by Crippen LogP contribution is -2.54. The highest BCUT2D eigenvalue weighted by Crippen LogP contribution is 2.35. The van der Waals surface area contributed by atoms with Gasteiger partial charge in [0, 0.05) is 24.6 Å². The second kappa shape index (κ2) is 11.4. The number of amides is 3. The van der Waals surface area contributed by atoms with Crippen LogP contribution in [-0.4, -0.2) is 41.0 Å². The SMILES string of the molecule is CCCCNC(=O)[C@H]1[C@H](C)[C@H](NC(=O)OC(C)(C)C)c2ccccc2CN1C(=O)c1ccccc1. The molecule has 0 aromatic heterocycles. The monoisotopic (exact) mass is 479 g/mol. The van der Waals surface area contributed by atoms with Crippen molar-refractivity contribution in [3.8, 4) is 0 Å². The zero-order valence-electron chi connectivity index (χ0n) is 21.3. The number of rotatable bonds is 6. The average molecular weight is 480 g/mol. The fraction of sp³-hybridized carbons (Fsp3) is 0.464. The normalized spacial score (nSPS) is 19.8. The maximum Gasteiger partial charge on any atom is 0.408 e. The fourth-order valence-corrected chi connectivity index (χ4v) is 4.47. The first-order chi connectivity index (χ1) is 16.6. The van der Waals surface area contributed by atoms with E-state index in [-0.39, 0.29) is 18.4 Å². The second-order valence-electron chi connectivity index (χ2n) is 10.1. The predicted molar refractivity (Wildman–Crippen MR) is 136 cm³/mol. The van der Waals surface area contributed by atoms with E-state index in [1.54, 1.807) is 37.8 Å². The molecule has 7 heteroatoms. The van der Waals surface area contributed by atoms with Gasteiger partial charge in [0.1, 0.15) is 11.6 Å². The standard InChI is InChI=1S/C28H37N3O4/c1-6-7-17-29-25(32)24-19(2)23(30-27(34)35-28(3,4)5)22-16-12-11-15-21(22)18-31(24)26(33)20-13-9-8-10-14-20/h8-16,19,23-24H,6-7,17-18H2,1-5H3,(H,29,32)(H,30,34)/t19-,23+,24-/m1/s1. The van der Waals surface area contributed by atoms with Crippen molar-refractivity contribution in [2.75, 3.05) is 6.54 Å². The van der Waals surface area contributed by atoms with Crippen molar-refractivity contribution < 1.29 is 19.1 Å². The van der Waals surface area contributed by atoms with Gasteiger partial charge >= 0.3 is 6.09 Å². The molecule has 3 rings (SSSR count). The first-order valence-corrected chi connectivity index (χ1v) is 12.3. The molecule has 35 heavy (non-hydrogen) atoms. The first-order valence-electron chi connectivity index (χ1n) is 12.3. The largest absolute Gasteiger partial charge is 0.444 e. The molecule has 0 bridgehead atoms. The van der Waals surface area contributed by atoms with Gasteiger partial charge in [-0.15, -0.1) is 0 Å². The van der Waals surface area contributed by atoms with Gasteiger partial charge in [-0.05, 0) is 50.5 Å². The Balaban J connectivity index is 2.04. The molecular weight excluding hydrogens is 442 g/mol. The summed E-state index contributed by atoms with van der Waals surface area (Å²) in [6, 6.07) is 15.4. The quantitative estimate of drug-likeness (QED) is 0.581. The van der Waals surface area contributed by atoms with Crippen LogP contribution in [0.3, 0.4) is 0 Å². The van der Waals surface area contributed by atoms with E-state index in [1.807, 2.05) is 49.4 Å². The molecule has 3 atom stereocenters. The minimum Gasteiger partial charge on any atom is -0.444 e. The molecule has 2 aromatic carbocycles. The van der Waals surface area contributed by atoms with Crippen LogP contribution in [-0.2, 0) is 16.1 Å². The molecule has 0 unspecified atom stereocenters. The van der Waals surface area contributed by atoms with E-state index in [9.17, 15) is 14.4 Å². The summed E-state index contributed by atoms with van der Waals surface area (Å²) in [5.74, 6) is -0.861. The molecule has 0 spiro atoms. The van der Waals surface area contributed by atoms with Gasteiger partial charge in [-0.1, -0.05) is 62.7 Å². The van der Waals surface area contributed by atoms with E-state index in [0.717, 1.165) is 24.0 Å². The van der Waals surface area contributed by atoms with Crippen LogP contribution in [0.2, 0.25) is 0 Å². The Kier molecular flexibility index (Phi) is 8.54. The number of benzene rings is 2. The van der Waals surface area contributed by atoms with Gasteiger partial charge in [0.15, 0.2) is 0 Å². The number of hydrogen-bond acceptors (Lipinski definition) is 4. The Hall–Kier alpha value is -3.35. The third-order valence-corrected chi connectivity index (χ3v) is 6.14. The number of nitrogens with zero attached hydrogens (tertiary/aromatic N) is 1. The van der Waals surface area contributed by atoms with Crippen LogP contribution in [0.25, 0.3) is 0 Å². The van der Waals surface area contributed by atoms with Gasteiger partial charge in [-0.2, -0.15) is 0 Å². The van der Waals surface area contributed by atoms with Crippen molar-refractivity contribution in [1.29, 1.82) is 0 Å². The summed E-state index contributed by atoms with van der Waals surface area (Å²) in [6.45, 7) is 10.2. The van der Waals surface area contributed by atoms with Crippen LogP contribution in [0.15, 0.2) is 54.6 Å². The molecule has 0 radical (unpaired) electrons. The van der Waals surface area contributed by atoms with Crippen molar-refractivity contribution in [2.45, 2.75) is 71.7 Å². The van der Waals surface area contributed by atoms with E-state index in [1.165, 1.54) is 0 Å². The molecule has 2 N–H and O–H groups in total. The highest BCUT2D eigenvalue weighted by atomic mass is 16.6. The fourth-order valence-electron chi connectivity index (χ4n) is 4.47. The van der Waals surface area contributed by atoms with Gasteiger partial charge in [0.2, 0.25) is 5.91 Å². The zero-order chi connectivity index (χ0) is 25.6. The molecule has 188 valence electrons. The van der Waals surface area contributed by atoms with Crippen molar-refractivity contribution >= 4 is 17.9 Å². The molecular formula is C28H37N3O4. The Morgan fingerprint density at radius 1 is 1.03 bits per heavy atom. The number of fused-ring (bicyclic) bond motifs is 1. The Bertz CT molecular complexity index is 1030.